The Morgan fingerprint density at radius 1 is 1.61 bits per heavy atom. The lowest BCUT2D eigenvalue weighted by molar-refractivity contribution is -0.129. The number of benzene rings is 1. The van der Waals surface area contributed by atoms with Crippen molar-refractivity contribution in [2.75, 3.05) is 20.2 Å². The molecule has 1 fully saturated rings. The van der Waals surface area contributed by atoms with Gasteiger partial charge >= 0.3 is 0 Å². The van der Waals surface area contributed by atoms with Crippen molar-refractivity contribution in [3.8, 4) is 5.75 Å². The van der Waals surface area contributed by atoms with Crippen LogP contribution >= 0.6 is 11.6 Å². The maximum Gasteiger partial charge on any atom is 0.227 e. The predicted octanol–water partition coefficient (Wildman–Crippen LogP) is 1.45. The van der Waals surface area contributed by atoms with Crippen LogP contribution in [0.5, 0.6) is 5.75 Å². The van der Waals surface area contributed by atoms with Gasteiger partial charge in [-0.3, -0.25) is 4.79 Å². The lowest BCUT2D eigenvalue weighted by Gasteiger charge is -2.17. The average molecular weight is 269 g/mol. The van der Waals surface area contributed by atoms with Gasteiger partial charge in [0.1, 0.15) is 5.75 Å². The van der Waals surface area contributed by atoms with Crippen molar-refractivity contribution in [3.05, 3.63) is 28.8 Å². The molecular formula is C13H17ClN2O2. The molecule has 4 nitrogen and oxygen atoms in total. The minimum Gasteiger partial charge on any atom is -0.496 e. The van der Waals surface area contributed by atoms with Crippen LogP contribution in [0.25, 0.3) is 0 Å². The minimum absolute atomic E-state index is 0.0727. The van der Waals surface area contributed by atoms with Crippen LogP contribution in [0, 0.1) is 0 Å². The van der Waals surface area contributed by atoms with Crippen molar-refractivity contribution < 1.29 is 9.53 Å². The highest BCUT2D eigenvalue weighted by atomic mass is 35.5. The van der Waals surface area contributed by atoms with Crippen LogP contribution in [0.15, 0.2) is 18.2 Å². The lowest BCUT2D eigenvalue weighted by atomic mass is 10.1. The molecule has 1 heterocycles. The maximum atomic E-state index is 12.1. The van der Waals surface area contributed by atoms with E-state index in [1.165, 1.54) is 0 Å². The van der Waals surface area contributed by atoms with Gasteiger partial charge in [0.05, 0.1) is 13.5 Å². The zero-order valence-electron chi connectivity index (χ0n) is 10.4. The fraction of sp³-hybridized carbons (Fsp3) is 0.462. The van der Waals surface area contributed by atoms with Crippen molar-refractivity contribution in [2.24, 2.45) is 5.73 Å². The van der Waals surface area contributed by atoms with Crippen LogP contribution in [0.1, 0.15) is 12.0 Å². The van der Waals surface area contributed by atoms with E-state index in [1.54, 1.807) is 30.2 Å². The van der Waals surface area contributed by atoms with E-state index in [-0.39, 0.29) is 11.9 Å². The Labute approximate surface area is 112 Å². The van der Waals surface area contributed by atoms with Crippen LogP contribution in [0.2, 0.25) is 5.02 Å². The van der Waals surface area contributed by atoms with Crippen molar-refractivity contribution in [1.29, 1.82) is 0 Å². The average Bonchev–Trinajstić information content (AvgIpc) is 2.76. The van der Waals surface area contributed by atoms with Crippen LogP contribution in [0.3, 0.4) is 0 Å². The number of ether oxygens (including phenoxy) is 1. The monoisotopic (exact) mass is 268 g/mol. The van der Waals surface area contributed by atoms with E-state index in [2.05, 4.69) is 0 Å². The quantitative estimate of drug-likeness (QED) is 0.903. The number of likely N-dealkylation sites (tertiary alicyclic amines) is 1. The van der Waals surface area contributed by atoms with E-state index in [0.29, 0.717) is 23.7 Å². The van der Waals surface area contributed by atoms with E-state index in [4.69, 9.17) is 22.1 Å². The third-order valence-corrected chi connectivity index (χ3v) is 3.40. The summed E-state index contributed by atoms with van der Waals surface area (Å²) in [6, 6.07) is 5.41. The predicted molar refractivity (Wildman–Crippen MR) is 70.9 cm³/mol. The Morgan fingerprint density at radius 2 is 2.39 bits per heavy atom. The molecule has 5 heteroatoms. The van der Waals surface area contributed by atoms with Gasteiger partial charge in [0, 0.05) is 29.7 Å². The van der Waals surface area contributed by atoms with Crippen LogP contribution in [-0.4, -0.2) is 37.0 Å². The number of nitrogens with two attached hydrogens (primary N) is 1. The molecule has 1 saturated heterocycles. The van der Waals surface area contributed by atoms with Gasteiger partial charge in [0.15, 0.2) is 0 Å². The standard InChI is InChI=1S/C13H17ClN2O2/c1-18-12-3-2-10(14)6-9(12)7-13(17)16-5-4-11(15)8-16/h2-3,6,11H,4-5,7-8,15H2,1H3. The fourth-order valence-corrected chi connectivity index (χ4v) is 2.37. The van der Waals surface area contributed by atoms with Gasteiger partial charge in [-0.05, 0) is 24.6 Å². The van der Waals surface area contributed by atoms with Crippen LogP contribution < -0.4 is 10.5 Å². The summed E-state index contributed by atoms with van der Waals surface area (Å²) >= 11 is 5.94. The van der Waals surface area contributed by atoms with Gasteiger partial charge in [-0.15, -0.1) is 0 Å². The molecule has 1 aromatic rings. The Kier molecular flexibility index (Phi) is 4.09. The first-order valence-corrected chi connectivity index (χ1v) is 6.33. The first-order valence-electron chi connectivity index (χ1n) is 5.96. The molecule has 1 atom stereocenters. The maximum absolute atomic E-state index is 12.1. The third-order valence-electron chi connectivity index (χ3n) is 3.16. The van der Waals surface area contributed by atoms with Crippen molar-refractivity contribution in [3.63, 3.8) is 0 Å². The van der Waals surface area contributed by atoms with Gasteiger partial charge in [-0.25, -0.2) is 0 Å². The van der Waals surface area contributed by atoms with E-state index in [0.717, 1.165) is 18.5 Å². The molecule has 1 aromatic carbocycles. The fourth-order valence-electron chi connectivity index (χ4n) is 2.17. The molecule has 2 N–H and O–H groups in total. The topological polar surface area (TPSA) is 55.6 Å². The number of halogens is 1. The number of hydrogen-bond donors (Lipinski definition) is 1. The summed E-state index contributed by atoms with van der Waals surface area (Å²) in [6.07, 6.45) is 1.18. The van der Waals surface area contributed by atoms with Crippen molar-refractivity contribution in [1.82, 2.24) is 4.90 Å². The highest BCUT2D eigenvalue weighted by Crippen LogP contribution is 2.24. The number of carbonyl (C=O) groups excluding carboxylic acids is 1. The smallest absolute Gasteiger partial charge is 0.227 e. The second-order valence-corrected chi connectivity index (χ2v) is 4.96. The summed E-state index contributed by atoms with van der Waals surface area (Å²) in [5, 5.41) is 0.608. The summed E-state index contributed by atoms with van der Waals surface area (Å²) in [4.78, 5) is 13.9. The lowest BCUT2D eigenvalue weighted by Crippen LogP contribution is -2.33. The Hall–Kier alpha value is -1.26. The molecule has 0 bridgehead atoms. The van der Waals surface area contributed by atoms with E-state index in [1.807, 2.05) is 0 Å². The molecule has 1 aliphatic rings. The second kappa shape index (κ2) is 5.59. The Balaban J connectivity index is 2.09. The molecule has 0 radical (unpaired) electrons. The summed E-state index contributed by atoms with van der Waals surface area (Å²) < 4.78 is 5.23. The minimum atomic E-state index is 0.0727. The zero-order chi connectivity index (χ0) is 13.1. The number of carbonyl (C=O) groups is 1. The molecule has 0 spiro atoms. The number of amides is 1. The van der Waals surface area contributed by atoms with Gasteiger partial charge in [-0.2, -0.15) is 0 Å². The van der Waals surface area contributed by atoms with E-state index in [9.17, 15) is 4.79 Å². The number of nitrogens with zero attached hydrogens (tertiary/aromatic N) is 1. The summed E-state index contributed by atoms with van der Waals surface area (Å²) in [6.45, 7) is 1.38. The largest absolute Gasteiger partial charge is 0.496 e. The summed E-state index contributed by atoms with van der Waals surface area (Å²) in [7, 11) is 1.59. The molecule has 0 saturated carbocycles. The molecule has 2 rings (SSSR count). The van der Waals surface area contributed by atoms with Crippen molar-refractivity contribution in [2.45, 2.75) is 18.9 Å². The summed E-state index contributed by atoms with van der Waals surface area (Å²) in [5.41, 5.74) is 6.61. The normalized spacial score (nSPS) is 19.1. The van der Waals surface area contributed by atoms with Crippen LogP contribution in [0.4, 0.5) is 0 Å². The van der Waals surface area contributed by atoms with Gasteiger partial charge < -0.3 is 15.4 Å². The van der Waals surface area contributed by atoms with E-state index < -0.39 is 0 Å². The van der Waals surface area contributed by atoms with E-state index >= 15 is 0 Å². The molecule has 1 aliphatic heterocycles. The molecular weight excluding hydrogens is 252 g/mol. The first kappa shape index (κ1) is 13.2. The second-order valence-electron chi connectivity index (χ2n) is 4.52. The molecule has 0 aliphatic carbocycles. The SMILES string of the molecule is COc1ccc(Cl)cc1CC(=O)N1CCC(N)C1. The first-order chi connectivity index (χ1) is 8.60. The zero-order valence-corrected chi connectivity index (χ0v) is 11.1. The van der Waals surface area contributed by atoms with Gasteiger partial charge in [0.2, 0.25) is 5.91 Å². The molecule has 18 heavy (non-hydrogen) atoms. The third kappa shape index (κ3) is 2.94. The Bertz CT molecular complexity index is 451. The highest BCUT2D eigenvalue weighted by molar-refractivity contribution is 6.30. The van der Waals surface area contributed by atoms with Gasteiger partial charge in [-0.1, -0.05) is 11.6 Å². The van der Waals surface area contributed by atoms with Crippen molar-refractivity contribution >= 4 is 17.5 Å². The Morgan fingerprint density at radius 3 is 3.00 bits per heavy atom. The van der Waals surface area contributed by atoms with Gasteiger partial charge in [0.25, 0.3) is 0 Å². The molecule has 1 unspecified atom stereocenters. The van der Waals surface area contributed by atoms with Crippen LogP contribution in [-0.2, 0) is 11.2 Å². The number of hydrogen-bond acceptors (Lipinski definition) is 3. The number of rotatable bonds is 3. The molecule has 1 amide bonds. The molecule has 0 aromatic heterocycles. The number of methoxy groups -OCH3 is 1. The summed E-state index contributed by atoms with van der Waals surface area (Å²) in [5.74, 6) is 0.764. The molecule has 98 valence electrons. The highest BCUT2D eigenvalue weighted by Gasteiger charge is 2.24.